The van der Waals surface area contributed by atoms with Crippen LogP contribution >= 0.6 is 0 Å². The van der Waals surface area contributed by atoms with Crippen molar-refractivity contribution in [3.63, 3.8) is 0 Å². The van der Waals surface area contributed by atoms with E-state index < -0.39 is 0 Å². The number of halogens is 1. The van der Waals surface area contributed by atoms with Crippen molar-refractivity contribution in [2.24, 2.45) is 5.92 Å². The predicted octanol–water partition coefficient (Wildman–Crippen LogP) is 3.49. The first kappa shape index (κ1) is 12.6. The van der Waals surface area contributed by atoms with Crippen molar-refractivity contribution < 1.29 is 4.39 Å². The van der Waals surface area contributed by atoms with E-state index in [0.29, 0.717) is 12.0 Å². The quantitative estimate of drug-likeness (QED) is 0.917. The zero-order chi connectivity index (χ0) is 13.4. The van der Waals surface area contributed by atoms with Crippen molar-refractivity contribution in [1.82, 2.24) is 14.9 Å². The van der Waals surface area contributed by atoms with E-state index in [4.69, 9.17) is 0 Å². The van der Waals surface area contributed by atoms with Crippen LogP contribution in [-0.4, -0.2) is 28.0 Å². The summed E-state index contributed by atoms with van der Waals surface area (Å²) in [6.45, 7) is 6.70. The van der Waals surface area contributed by atoms with Crippen LogP contribution in [0.25, 0.3) is 11.0 Å². The second-order valence-electron chi connectivity index (χ2n) is 5.72. The number of likely N-dealkylation sites (tertiary alicyclic amines) is 1. The Kier molecular flexibility index (Phi) is 3.27. The molecule has 1 unspecified atom stereocenters. The molecule has 1 N–H and O–H groups in total. The fourth-order valence-electron chi connectivity index (χ4n) is 3.07. The van der Waals surface area contributed by atoms with Gasteiger partial charge < -0.3 is 4.98 Å². The smallest absolute Gasteiger partial charge is 0.125 e. The Morgan fingerprint density at radius 1 is 1.26 bits per heavy atom. The van der Waals surface area contributed by atoms with Gasteiger partial charge in [0, 0.05) is 0 Å². The number of hydrogen-bond acceptors (Lipinski definition) is 2. The molecule has 1 atom stereocenters. The minimum Gasteiger partial charge on any atom is -0.341 e. The summed E-state index contributed by atoms with van der Waals surface area (Å²) in [6.07, 6.45) is 2.52. The first-order chi connectivity index (χ1) is 9.15. The maximum Gasteiger partial charge on any atom is 0.125 e. The third-order valence-corrected chi connectivity index (χ3v) is 3.91. The molecule has 4 heteroatoms. The Hall–Kier alpha value is -1.42. The molecule has 1 aliphatic rings. The third-order valence-electron chi connectivity index (χ3n) is 3.91. The van der Waals surface area contributed by atoms with Crippen molar-refractivity contribution >= 4 is 11.0 Å². The summed E-state index contributed by atoms with van der Waals surface area (Å²) in [7, 11) is 0. The molecule has 0 amide bonds. The number of nitrogens with zero attached hydrogens (tertiary/aromatic N) is 2. The van der Waals surface area contributed by atoms with Crippen LogP contribution in [0.2, 0.25) is 0 Å². The Morgan fingerprint density at radius 2 is 2.00 bits per heavy atom. The lowest BCUT2D eigenvalue weighted by atomic mass is 10.0. The Morgan fingerprint density at radius 3 is 2.68 bits per heavy atom. The SMILES string of the molecule is CC(C)C(c1nc2ccc(F)cc2[nH]1)N1CCCC1. The molecule has 0 saturated carbocycles. The van der Waals surface area contributed by atoms with Crippen molar-refractivity contribution in [2.45, 2.75) is 32.7 Å². The summed E-state index contributed by atoms with van der Waals surface area (Å²) < 4.78 is 13.2. The zero-order valence-electron chi connectivity index (χ0n) is 11.5. The van der Waals surface area contributed by atoms with Gasteiger partial charge in [0.05, 0.1) is 17.1 Å². The molecule has 102 valence electrons. The summed E-state index contributed by atoms with van der Waals surface area (Å²) in [5, 5.41) is 0. The third kappa shape index (κ3) is 2.37. The lowest BCUT2D eigenvalue weighted by molar-refractivity contribution is 0.185. The molecule has 0 spiro atoms. The molecule has 19 heavy (non-hydrogen) atoms. The number of aromatic nitrogens is 2. The topological polar surface area (TPSA) is 31.9 Å². The molecule has 2 heterocycles. The second-order valence-corrected chi connectivity index (χ2v) is 5.72. The highest BCUT2D eigenvalue weighted by atomic mass is 19.1. The summed E-state index contributed by atoms with van der Waals surface area (Å²) in [5.74, 6) is 1.24. The van der Waals surface area contributed by atoms with Crippen LogP contribution < -0.4 is 0 Å². The number of nitrogens with one attached hydrogen (secondary N) is 1. The highest BCUT2D eigenvalue weighted by Gasteiger charge is 2.28. The van der Waals surface area contributed by atoms with Crippen LogP contribution in [0, 0.1) is 11.7 Å². The van der Waals surface area contributed by atoms with Crippen LogP contribution in [-0.2, 0) is 0 Å². The van der Waals surface area contributed by atoms with E-state index in [1.54, 1.807) is 6.07 Å². The van der Waals surface area contributed by atoms with Gasteiger partial charge in [-0.05, 0) is 50.0 Å². The normalized spacial score (nSPS) is 18.5. The zero-order valence-corrected chi connectivity index (χ0v) is 11.5. The van der Waals surface area contributed by atoms with Gasteiger partial charge in [0.15, 0.2) is 0 Å². The van der Waals surface area contributed by atoms with Gasteiger partial charge in [-0.1, -0.05) is 13.8 Å². The molecule has 0 radical (unpaired) electrons. The van der Waals surface area contributed by atoms with Gasteiger partial charge in [0.2, 0.25) is 0 Å². The number of imidazole rings is 1. The van der Waals surface area contributed by atoms with E-state index in [1.807, 2.05) is 0 Å². The second kappa shape index (κ2) is 4.93. The van der Waals surface area contributed by atoms with Crippen molar-refractivity contribution in [3.05, 3.63) is 29.8 Å². The van der Waals surface area contributed by atoms with Gasteiger partial charge in [-0.25, -0.2) is 9.37 Å². The largest absolute Gasteiger partial charge is 0.341 e. The number of rotatable bonds is 3. The highest BCUT2D eigenvalue weighted by molar-refractivity contribution is 5.75. The lowest BCUT2D eigenvalue weighted by Crippen LogP contribution is -2.30. The van der Waals surface area contributed by atoms with Gasteiger partial charge >= 0.3 is 0 Å². The maximum absolute atomic E-state index is 13.2. The van der Waals surface area contributed by atoms with E-state index in [2.05, 4.69) is 28.7 Å². The minimum absolute atomic E-state index is 0.218. The predicted molar refractivity (Wildman–Crippen MR) is 74.4 cm³/mol. The monoisotopic (exact) mass is 261 g/mol. The standard InChI is InChI=1S/C15H20FN3/c1-10(2)14(19-7-3-4-8-19)15-17-12-6-5-11(16)9-13(12)18-15/h5-6,9-10,14H,3-4,7-8H2,1-2H3,(H,17,18). The number of hydrogen-bond donors (Lipinski definition) is 1. The summed E-state index contributed by atoms with van der Waals surface area (Å²) >= 11 is 0. The van der Waals surface area contributed by atoms with Crippen LogP contribution in [0.5, 0.6) is 0 Å². The molecular formula is C15H20FN3. The minimum atomic E-state index is -0.218. The number of H-pyrrole nitrogens is 1. The van der Waals surface area contributed by atoms with Gasteiger partial charge in [-0.3, -0.25) is 4.90 Å². The number of benzene rings is 1. The van der Waals surface area contributed by atoms with Crippen LogP contribution in [0.15, 0.2) is 18.2 Å². The molecule has 3 nitrogen and oxygen atoms in total. The van der Waals surface area contributed by atoms with Crippen LogP contribution in [0.3, 0.4) is 0 Å². The molecular weight excluding hydrogens is 241 g/mol. The molecule has 1 saturated heterocycles. The van der Waals surface area contributed by atoms with Crippen molar-refractivity contribution in [1.29, 1.82) is 0 Å². The van der Waals surface area contributed by atoms with Gasteiger partial charge in [0.1, 0.15) is 11.6 Å². The molecule has 1 aromatic heterocycles. The van der Waals surface area contributed by atoms with E-state index >= 15 is 0 Å². The first-order valence-corrected chi connectivity index (χ1v) is 7.04. The number of fused-ring (bicyclic) bond motifs is 1. The van der Waals surface area contributed by atoms with Gasteiger partial charge in [-0.15, -0.1) is 0 Å². The molecule has 1 aliphatic heterocycles. The van der Waals surface area contributed by atoms with Crippen molar-refractivity contribution in [2.75, 3.05) is 13.1 Å². The van der Waals surface area contributed by atoms with E-state index in [1.165, 1.54) is 25.0 Å². The highest BCUT2D eigenvalue weighted by Crippen LogP contribution is 2.31. The Labute approximate surface area is 112 Å². The molecule has 3 rings (SSSR count). The van der Waals surface area contributed by atoms with E-state index in [0.717, 1.165) is 29.9 Å². The average Bonchev–Trinajstić information content (AvgIpc) is 2.97. The number of aromatic amines is 1. The summed E-state index contributed by atoms with van der Waals surface area (Å²) in [5.41, 5.74) is 1.64. The first-order valence-electron chi connectivity index (χ1n) is 7.04. The Bertz CT molecular complexity index is 570. The van der Waals surface area contributed by atoms with Crippen molar-refractivity contribution in [3.8, 4) is 0 Å². The molecule has 1 aromatic carbocycles. The van der Waals surface area contributed by atoms with Crippen LogP contribution in [0.4, 0.5) is 4.39 Å². The maximum atomic E-state index is 13.2. The van der Waals surface area contributed by atoms with E-state index in [9.17, 15) is 4.39 Å². The molecule has 1 fully saturated rings. The van der Waals surface area contributed by atoms with Gasteiger partial charge in [-0.2, -0.15) is 0 Å². The lowest BCUT2D eigenvalue weighted by Gasteiger charge is -2.28. The van der Waals surface area contributed by atoms with E-state index in [-0.39, 0.29) is 5.82 Å². The van der Waals surface area contributed by atoms with Gasteiger partial charge in [0.25, 0.3) is 0 Å². The molecule has 0 bridgehead atoms. The summed E-state index contributed by atoms with van der Waals surface area (Å²) in [4.78, 5) is 10.4. The Balaban J connectivity index is 1.99. The average molecular weight is 261 g/mol. The summed E-state index contributed by atoms with van der Waals surface area (Å²) in [6, 6.07) is 5.03. The fraction of sp³-hybridized carbons (Fsp3) is 0.533. The van der Waals surface area contributed by atoms with Crippen LogP contribution in [0.1, 0.15) is 38.6 Å². The molecule has 0 aliphatic carbocycles. The fourth-order valence-corrected chi connectivity index (χ4v) is 3.07. The molecule has 2 aromatic rings.